The Balaban J connectivity index is 2.33. The van der Waals surface area contributed by atoms with E-state index in [1.165, 1.54) is 20.4 Å². The standard InChI is InChI=1S/C16H23N3O8/c1-25-11(9-20)12(10-21)27-16(26-2)8-18-17-7-3-4-13(22)19-14(23)5-6-15(19)24/h5-6,8-9,11-12,16-17,21H,3-4,7,10H2,1-2H3/b18-8-/t11?,12-,16-/m0/s1. The number of hydrogen-bond acceptors (Lipinski definition) is 10. The second-order valence-corrected chi connectivity index (χ2v) is 5.33. The third kappa shape index (κ3) is 6.98. The van der Waals surface area contributed by atoms with E-state index in [0.717, 1.165) is 12.2 Å². The summed E-state index contributed by atoms with van der Waals surface area (Å²) >= 11 is 0. The lowest BCUT2D eigenvalue weighted by Crippen LogP contribution is -2.39. The van der Waals surface area contributed by atoms with E-state index in [2.05, 4.69) is 10.5 Å². The Morgan fingerprint density at radius 1 is 1.30 bits per heavy atom. The number of carbonyl (C=O) groups excluding carboxylic acids is 4. The van der Waals surface area contributed by atoms with E-state index in [4.69, 9.17) is 14.2 Å². The van der Waals surface area contributed by atoms with Crippen molar-refractivity contribution in [2.75, 3.05) is 27.4 Å². The number of aliphatic hydroxyl groups excluding tert-OH is 1. The Bertz CT molecular complexity index is 574. The molecule has 150 valence electrons. The van der Waals surface area contributed by atoms with Gasteiger partial charge in [-0.3, -0.25) is 14.4 Å². The van der Waals surface area contributed by atoms with Gasteiger partial charge in [-0.15, -0.1) is 0 Å². The molecular weight excluding hydrogens is 362 g/mol. The molecular formula is C16H23N3O8. The number of imide groups is 3. The number of hydrogen-bond donors (Lipinski definition) is 2. The van der Waals surface area contributed by atoms with E-state index in [9.17, 15) is 24.3 Å². The molecule has 1 rings (SSSR count). The van der Waals surface area contributed by atoms with Crippen LogP contribution in [0, 0.1) is 0 Å². The van der Waals surface area contributed by atoms with Gasteiger partial charge >= 0.3 is 0 Å². The molecule has 0 bridgehead atoms. The Kier molecular flexibility index (Phi) is 10.0. The lowest BCUT2D eigenvalue weighted by molar-refractivity contribution is -0.163. The molecule has 3 amide bonds. The lowest BCUT2D eigenvalue weighted by atomic mass is 10.2. The topological polar surface area (TPSA) is 144 Å². The highest BCUT2D eigenvalue weighted by molar-refractivity contribution is 6.22. The predicted molar refractivity (Wildman–Crippen MR) is 91.3 cm³/mol. The summed E-state index contributed by atoms with van der Waals surface area (Å²) in [6.45, 7) is -0.163. The van der Waals surface area contributed by atoms with Crippen LogP contribution >= 0.6 is 0 Å². The van der Waals surface area contributed by atoms with E-state index in [1.54, 1.807) is 0 Å². The van der Waals surface area contributed by atoms with Gasteiger partial charge in [-0.25, -0.2) is 4.90 Å². The Hall–Kier alpha value is -2.47. The summed E-state index contributed by atoms with van der Waals surface area (Å²) in [5, 5.41) is 13.1. The summed E-state index contributed by atoms with van der Waals surface area (Å²) in [7, 11) is 2.66. The summed E-state index contributed by atoms with van der Waals surface area (Å²) in [6.07, 6.45) is 1.37. The molecule has 0 fully saturated rings. The second kappa shape index (κ2) is 12.0. The first-order chi connectivity index (χ1) is 13.0. The molecule has 0 saturated carbocycles. The zero-order valence-electron chi connectivity index (χ0n) is 15.1. The van der Waals surface area contributed by atoms with Crippen molar-refractivity contribution in [3.63, 3.8) is 0 Å². The molecule has 0 aliphatic carbocycles. The predicted octanol–water partition coefficient (Wildman–Crippen LogP) is -1.64. The Morgan fingerprint density at radius 2 is 1.96 bits per heavy atom. The van der Waals surface area contributed by atoms with Gasteiger partial charge in [0, 0.05) is 39.3 Å². The molecule has 11 nitrogen and oxygen atoms in total. The molecule has 0 aromatic heterocycles. The molecule has 1 unspecified atom stereocenters. The number of nitrogens with one attached hydrogen (secondary N) is 1. The molecule has 1 aliphatic rings. The molecule has 0 aromatic rings. The Labute approximate surface area is 155 Å². The van der Waals surface area contributed by atoms with Crippen LogP contribution in [0.2, 0.25) is 0 Å². The van der Waals surface area contributed by atoms with Crippen molar-refractivity contribution >= 4 is 30.2 Å². The summed E-state index contributed by atoms with van der Waals surface area (Å²) in [6, 6.07) is 0. The van der Waals surface area contributed by atoms with E-state index in [-0.39, 0.29) is 6.42 Å². The van der Waals surface area contributed by atoms with Gasteiger partial charge in [0.25, 0.3) is 11.8 Å². The molecule has 0 saturated heterocycles. The van der Waals surface area contributed by atoms with Crippen LogP contribution in [-0.2, 0) is 33.4 Å². The van der Waals surface area contributed by atoms with Crippen molar-refractivity contribution in [1.82, 2.24) is 10.3 Å². The zero-order chi connectivity index (χ0) is 20.2. The van der Waals surface area contributed by atoms with Gasteiger partial charge in [0.15, 0.2) is 12.6 Å². The first-order valence-electron chi connectivity index (χ1n) is 8.10. The van der Waals surface area contributed by atoms with Crippen molar-refractivity contribution < 1.29 is 38.5 Å². The van der Waals surface area contributed by atoms with Gasteiger partial charge in [-0.2, -0.15) is 5.10 Å². The van der Waals surface area contributed by atoms with E-state index in [0.29, 0.717) is 24.2 Å². The zero-order valence-corrected chi connectivity index (χ0v) is 15.1. The summed E-state index contributed by atoms with van der Waals surface area (Å²) in [5.41, 5.74) is 2.66. The monoisotopic (exact) mass is 385 g/mol. The molecule has 0 radical (unpaired) electrons. The maximum Gasteiger partial charge on any atom is 0.260 e. The number of aliphatic hydroxyl groups is 1. The highest BCUT2D eigenvalue weighted by Crippen LogP contribution is 2.07. The largest absolute Gasteiger partial charge is 0.394 e. The minimum atomic E-state index is -0.953. The van der Waals surface area contributed by atoms with Crippen molar-refractivity contribution in [3.8, 4) is 0 Å². The van der Waals surface area contributed by atoms with Crippen LogP contribution < -0.4 is 5.43 Å². The average molecular weight is 385 g/mol. The molecule has 27 heavy (non-hydrogen) atoms. The number of aldehydes is 1. The van der Waals surface area contributed by atoms with Crippen LogP contribution in [0.5, 0.6) is 0 Å². The fourth-order valence-electron chi connectivity index (χ4n) is 2.10. The number of ether oxygens (including phenoxy) is 3. The fourth-order valence-corrected chi connectivity index (χ4v) is 2.10. The first-order valence-corrected chi connectivity index (χ1v) is 8.10. The number of carbonyl (C=O) groups is 4. The fraction of sp³-hybridized carbons (Fsp3) is 0.562. The van der Waals surface area contributed by atoms with Crippen LogP contribution in [0.3, 0.4) is 0 Å². The van der Waals surface area contributed by atoms with Crippen molar-refractivity contribution in [3.05, 3.63) is 12.2 Å². The molecule has 0 spiro atoms. The van der Waals surface area contributed by atoms with E-state index < -0.39 is 42.8 Å². The average Bonchev–Trinajstić information content (AvgIpc) is 3.01. The SMILES string of the molecule is COC(C=O)[C@H](CO)O[C@@H](/C=N\NCCCC(=O)N1C(=O)C=CC1=O)OC. The van der Waals surface area contributed by atoms with Crippen molar-refractivity contribution in [2.24, 2.45) is 5.10 Å². The van der Waals surface area contributed by atoms with Gasteiger partial charge < -0.3 is 29.5 Å². The van der Waals surface area contributed by atoms with Crippen LogP contribution in [-0.4, -0.2) is 86.1 Å². The third-order valence-electron chi connectivity index (χ3n) is 3.52. The quantitative estimate of drug-likeness (QED) is 0.0952. The van der Waals surface area contributed by atoms with Gasteiger partial charge in [0.05, 0.1) is 12.8 Å². The summed E-state index contributed by atoms with van der Waals surface area (Å²) in [4.78, 5) is 46.0. The molecule has 1 aliphatic heterocycles. The normalized spacial score (nSPS) is 17.4. The van der Waals surface area contributed by atoms with E-state index in [1.807, 2.05) is 0 Å². The van der Waals surface area contributed by atoms with Crippen molar-refractivity contribution in [1.29, 1.82) is 0 Å². The smallest absolute Gasteiger partial charge is 0.260 e. The minimum Gasteiger partial charge on any atom is -0.394 e. The van der Waals surface area contributed by atoms with E-state index >= 15 is 0 Å². The number of rotatable bonds is 13. The molecule has 11 heteroatoms. The molecule has 0 aromatic carbocycles. The van der Waals surface area contributed by atoms with Crippen molar-refractivity contribution in [2.45, 2.75) is 31.3 Å². The van der Waals surface area contributed by atoms with Gasteiger partial charge in [0.1, 0.15) is 12.2 Å². The van der Waals surface area contributed by atoms with Gasteiger partial charge in [-0.1, -0.05) is 0 Å². The number of methoxy groups -OCH3 is 2. The van der Waals surface area contributed by atoms with Crippen LogP contribution in [0.4, 0.5) is 0 Å². The van der Waals surface area contributed by atoms with Gasteiger partial charge in [0.2, 0.25) is 5.91 Å². The maximum absolute atomic E-state index is 11.8. The number of amides is 3. The molecule has 1 heterocycles. The maximum atomic E-state index is 11.8. The van der Waals surface area contributed by atoms with Crippen LogP contribution in [0.15, 0.2) is 17.3 Å². The highest BCUT2D eigenvalue weighted by atomic mass is 16.7. The van der Waals surface area contributed by atoms with Gasteiger partial charge in [-0.05, 0) is 6.42 Å². The molecule has 3 atom stereocenters. The first kappa shape index (κ1) is 22.6. The summed E-state index contributed by atoms with van der Waals surface area (Å²) in [5.74, 6) is -1.86. The highest BCUT2D eigenvalue weighted by Gasteiger charge is 2.29. The number of hydrazone groups is 1. The molecule has 2 N–H and O–H groups in total. The summed E-state index contributed by atoms with van der Waals surface area (Å²) < 4.78 is 15.3. The second-order valence-electron chi connectivity index (χ2n) is 5.33. The Morgan fingerprint density at radius 3 is 2.48 bits per heavy atom. The lowest BCUT2D eigenvalue weighted by Gasteiger charge is -2.23. The minimum absolute atomic E-state index is 0.00662. The third-order valence-corrected chi connectivity index (χ3v) is 3.52. The van der Waals surface area contributed by atoms with Crippen LogP contribution in [0.25, 0.3) is 0 Å². The number of nitrogens with zero attached hydrogens (tertiary/aromatic N) is 2. The van der Waals surface area contributed by atoms with Crippen LogP contribution in [0.1, 0.15) is 12.8 Å².